The summed E-state index contributed by atoms with van der Waals surface area (Å²) in [4.78, 5) is 11.6. The minimum absolute atomic E-state index is 0.0667. The topological polar surface area (TPSA) is 72.9 Å². The van der Waals surface area contributed by atoms with E-state index in [4.69, 9.17) is 5.73 Å². The van der Waals surface area contributed by atoms with E-state index >= 15 is 0 Å². The highest BCUT2D eigenvalue weighted by Gasteiger charge is 2.11. The Kier molecular flexibility index (Phi) is 6.07. The van der Waals surface area contributed by atoms with E-state index in [9.17, 15) is 4.79 Å². The third-order valence-electron chi connectivity index (χ3n) is 2.44. The van der Waals surface area contributed by atoms with Gasteiger partial charge in [-0.25, -0.2) is 0 Å². The number of amides is 1. The first-order valence-corrected chi connectivity index (χ1v) is 7.02. The highest BCUT2D eigenvalue weighted by atomic mass is 32.2. The van der Waals surface area contributed by atoms with Crippen molar-refractivity contribution in [2.75, 3.05) is 18.6 Å². The second kappa shape index (κ2) is 7.34. The lowest BCUT2D eigenvalue weighted by Gasteiger charge is -2.10. The lowest BCUT2D eigenvalue weighted by molar-refractivity contribution is -0.122. The molecular formula is C11H20N4OS. The van der Waals surface area contributed by atoms with Crippen LogP contribution in [0.15, 0.2) is 12.4 Å². The van der Waals surface area contributed by atoms with Crippen LogP contribution in [0.25, 0.3) is 0 Å². The second-order valence-electron chi connectivity index (χ2n) is 3.95. The molecule has 1 atom stereocenters. The van der Waals surface area contributed by atoms with Crippen molar-refractivity contribution in [3.8, 4) is 0 Å². The molecule has 0 aliphatic rings. The summed E-state index contributed by atoms with van der Waals surface area (Å²) in [5.74, 6) is 0.847. The van der Waals surface area contributed by atoms with Crippen LogP contribution in [0.5, 0.6) is 0 Å². The molecule has 96 valence electrons. The van der Waals surface area contributed by atoms with Gasteiger partial charge in [0.1, 0.15) is 0 Å². The van der Waals surface area contributed by atoms with Gasteiger partial charge in [0, 0.05) is 19.8 Å². The average molecular weight is 256 g/mol. The molecule has 1 heterocycles. The first-order valence-electron chi connectivity index (χ1n) is 5.63. The fourth-order valence-corrected chi connectivity index (χ4v) is 1.93. The third kappa shape index (κ3) is 5.23. The number of nitrogens with two attached hydrogens (primary N) is 1. The van der Waals surface area contributed by atoms with Crippen LogP contribution in [0, 0.1) is 0 Å². The predicted molar refractivity (Wildman–Crippen MR) is 70.9 cm³/mol. The van der Waals surface area contributed by atoms with Crippen LogP contribution in [-0.4, -0.2) is 40.3 Å². The van der Waals surface area contributed by atoms with E-state index in [-0.39, 0.29) is 5.91 Å². The summed E-state index contributed by atoms with van der Waals surface area (Å²) in [6, 6.07) is -0.392. The molecule has 0 saturated carbocycles. The largest absolute Gasteiger partial charge is 0.354 e. The average Bonchev–Trinajstić information content (AvgIpc) is 2.71. The minimum atomic E-state index is -0.392. The highest BCUT2D eigenvalue weighted by Crippen LogP contribution is 1.99. The molecule has 0 radical (unpaired) electrons. The molecule has 1 amide bonds. The maximum Gasteiger partial charge on any atom is 0.236 e. The molecule has 17 heavy (non-hydrogen) atoms. The standard InChI is InChI=1S/C11H20N4OS/c1-15-8-9(7-14-15)3-5-13-11(16)10(12)4-6-17-2/h7-8,10H,3-6,12H2,1-2H3,(H,13,16)/t10-/m1/s1. The van der Waals surface area contributed by atoms with Crippen molar-refractivity contribution in [3.05, 3.63) is 18.0 Å². The number of carbonyl (C=O) groups is 1. The zero-order chi connectivity index (χ0) is 12.7. The molecule has 1 rings (SSSR count). The molecule has 0 bridgehead atoms. The molecule has 0 aromatic carbocycles. The van der Waals surface area contributed by atoms with Crippen LogP contribution in [0.2, 0.25) is 0 Å². The molecule has 0 unspecified atom stereocenters. The summed E-state index contributed by atoms with van der Waals surface area (Å²) in [5.41, 5.74) is 6.86. The number of hydrogen-bond acceptors (Lipinski definition) is 4. The smallest absolute Gasteiger partial charge is 0.236 e. The zero-order valence-electron chi connectivity index (χ0n) is 10.3. The summed E-state index contributed by atoms with van der Waals surface area (Å²) in [6.45, 7) is 0.609. The van der Waals surface area contributed by atoms with Crippen LogP contribution < -0.4 is 11.1 Å². The van der Waals surface area contributed by atoms with Gasteiger partial charge in [0.05, 0.1) is 12.2 Å². The van der Waals surface area contributed by atoms with Gasteiger partial charge in [-0.05, 0) is 30.4 Å². The third-order valence-corrected chi connectivity index (χ3v) is 3.08. The molecule has 6 heteroatoms. The van der Waals surface area contributed by atoms with Crippen molar-refractivity contribution >= 4 is 17.7 Å². The lowest BCUT2D eigenvalue weighted by Crippen LogP contribution is -2.41. The number of nitrogens with one attached hydrogen (secondary N) is 1. The monoisotopic (exact) mass is 256 g/mol. The Bertz CT molecular complexity index is 353. The van der Waals surface area contributed by atoms with Gasteiger partial charge < -0.3 is 11.1 Å². The van der Waals surface area contributed by atoms with Gasteiger partial charge in [-0.3, -0.25) is 9.48 Å². The minimum Gasteiger partial charge on any atom is -0.354 e. The first kappa shape index (κ1) is 14.1. The van der Waals surface area contributed by atoms with Gasteiger partial charge in [0.2, 0.25) is 5.91 Å². The normalized spacial score (nSPS) is 12.4. The molecular weight excluding hydrogens is 236 g/mol. The van der Waals surface area contributed by atoms with Crippen molar-refractivity contribution in [2.24, 2.45) is 12.8 Å². The molecule has 0 spiro atoms. The van der Waals surface area contributed by atoms with Crippen molar-refractivity contribution < 1.29 is 4.79 Å². The summed E-state index contributed by atoms with van der Waals surface area (Å²) in [7, 11) is 1.88. The maximum absolute atomic E-state index is 11.6. The maximum atomic E-state index is 11.6. The number of thioether (sulfide) groups is 1. The quantitative estimate of drug-likeness (QED) is 0.729. The molecule has 1 aromatic rings. The Hall–Kier alpha value is -1.01. The van der Waals surface area contributed by atoms with Crippen molar-refractivity contribution in [1.29, 1.82) is 0 Å². The Morgan fingerprint density at radius 1 is 1.71 bits per heavy atom. The van der Waals surface area contributed by atoms with Gasteiger partial charge in [-0.2, -0.15) is 16.9 Å². The Labute approximate surface area is 106 Å². The summed E-state index contributed by atoms with van der Waals surface area (Å²) < 4.78 is 1.75. The van der Waals surface area contributed by atoms with E-state index in [1.54, 1.807) is 22.6 Å². The molecule has 5 nitrogen and oxygen atoms in total. The Morgan fingerprint density at radius 2 is 2.47 bits per heavy atom. The van der Waals surface area contributed by atoms with Crippen LogP contribution in [-0.2, 0) is 18.3 Å². The summed E-state index contributed by atoms with van der Waals surface area (Å²) in [5, 5.41) is 6.91. The summed E-state index contributed by atoms with van der Waals surface area (Å²) in [6.07, 6.45) is 7.27. The predicted octanol–water partition coefficient (Wildman–Crippen LogP) is 0.159. The van der Waals surface area contributed by atoms with E-state index < -0.39 is 6.04 Å². The molecule has 0 fully saturated rings. The highest BCUT2D eigenvalue weighted by molar-refractivity contribution is 7.98. The number of hydrogen-bond donors (Lipinski definition) is 2. The van der Waals surface area contributed by atoms with Crippen molar-refractivity contribution in [3.63, 3.8) is 0 Å². The van der Waals surface area contributed by atoms with Crippen LogP contribution in [0.1, 0.15) is 12.0 Å². The van der Waals surface area contributed by atoms with E-state index in [0.29, 0.717) is 6.54 Å². The number of aryl methyl sites for hydroxylation is 1. The fourth-order valence-electron chi connectivity index (χ4n) is 1.44. The lowest BCUT2D eigenvalue weighted by atomic mass is 10.2. The van der Waals surface area contributed by atoms with E-state index in [1.807, 2.05) is 19.5 Å². The number of nitrogens with zero attached hydrogens (tertiary/aromatic N) is 2. The number of carbonyl (C=O) groups excluding carboxylic acids is 1. The number of aromatic nitrogens is 2. The zero-order valence-corrected chi connectivity index (χ0v) is 11.2. The van der Waals surface area contributed by atoms with E-state index in [1.165, 1.54) is 0 Å². The first-order chi connectivity index (χ1) is 8.13. The van der Waals surface area contributed by atoms with Gasteiger partial charge in [0.15, 0.2) is 0 Å². The van der Waals surface area contributed by atoms with E-state index in [0.717, 1.165) is 24.2 Å². The van der Waals surface area contributed by atoms with Crippen molar-refractivity contribution in [2.45, 2.75) is 18.9 Å². The van der Waals surface area contributed by atoms with Crippen LogP contribution in [0.3, 0.4) is 0 Å². The molecule has 0 aliphatic carbocycles. The Morgan fingerprint density at radius 3 is 3.06 bits per heavy atom. The van der Waals surface area contributed by atoms with Gasteiger partial charge in [-0.1, -0.05) is 0 Å². The molecule has 0 aliphatic heterocycles. The molecule has 0 saturated heterocycles. The van der Waals surface area contributed by atoms with E-state index in [2.05, 4.69) is 10.4 Å². The van der Waals surface area contributed by atoms with Gasteiger partial charge in [-0.15, -0.1) is 0 Å². The fraction of sp³-hybridized carbons (Fsp3) is 0.636. The molecule has 1 aromatic heterocycles. The SMILES string of the molecule is CSCC[C@@H](N)C(=O)NCCc1cnn(C)c1. The van der Waals surface area contributed by atoms with Crippen LogP contribution in [0.4, 0.5) is 0 Å². The Balaban J connectivity index is 2.19. The van der Waals surface area contributed by atoms with Crippen LogP contribution >= 0.6 is 11.8 Å². The van der Waals surface area contributed by atoms with Gasteiger partial charge >= 0.3 is 0 Å². The molecule has 3 N–H and O–H groups in total. The van der Waals surface area contributed by atoms with Crippen molar-refractivity contribution in [1.82, 2.24) is 15.1 Å². The van der Waals surface area contributed by atoms with Gasteiger partial charge in [0.25, 0.3) is 0 Å². The summed E-state index contributed by atoms with van der Waals surface area (Å²) >= 11 is 1.70. The second-order valence-corrected chi connectivity index (χ2v) is 4.94. The number of rotatable bonds is 7.